The van der Waals surface area contributed by atoms with E-state index < -0.39 is 6.29 Å². The molecule has 0 aliphatic heterocycles. The van der Waals surface area contributed by atoms with Crippen LogP contribution < -0.4 is 0 Å². The summed E-state index contributed by atoms with van der Waals surface area (Å²) >= 11 is 0. The van der Waals surface area contributed by atoms with Crippen LogP contribution in [0.3, 0.4) is 0 Å². The number of unbranched alkanes of at least 4 members (excludes halogenated alkanes) is 1. The van der Waals surface area contributed by atoms with Crippen LogP contribution in [0.2, 0.25) is 0 Å². The highest BCUT2D eigenvalue weighted by atomic mass is 16.5. The summed E-state index contributed by atoms with van der Waals surface area (Å²) in [5, 5.41) is 17.5. The van der Waals surface area contributed by atoms with E-state index in [9.17, 15) is 0 Å². The third kappa shape index (κ3) is 3.64. The minimum absolute atomic E-state index is 0.720. The summed E-state index contributed by atoms with van der Waals surface area (Å²) in [4.78, 5) is 0. The van der Waals surface area contributed by atoms with Crippen molar-refractivity contribution >= 4 is 0 Å². The van der Waals surface area contributed by atoms with Gasteiger partial charge in [-0.1, -0.05) is 26.3 Å². The van der Waals surface area contributed by atoms with E-state index in [4.69, 9.17) is 10.2 Å². The van der Waals surface area contributed by atoms with Crippen LogP contribution in [0, 0.1) is 0 Å². The average Bonchev–Trinajstić information content (AvgIpc) is 1.89. The van der Waals surface area contributed by atoms with Gasteiger partial charge in [0.15, 0.2) is 6.29 Å². The number of aliphatic hydroxyl groups excluding tert-OH is 1. The Hall–Kier alpha value is -0.340. The van der Waals surface area contributed by atoms with Gasteiger partial charge in [-0.15, -0.1) is 0 Å². The number of aliphatic hydroxyl groups is 2. The smallest absolute Gasteiger partial charge is 0.174 e. The van der Waals surface area contributed by atoms with Crippen molar-refractivity contribution in [1.29, 1.82) is 0 Å². The summed E-state index contributed by atoms with van der Waals surface area (Å²) in [6.45, 7) is 3.98. The van der Waals surface area contributed by atoms with E-state index in [1.54, 1.807) is 0 Å². The molecular weight excluding hydrogens is 128 g/mol. The van der Waals surface area contributed by atoms with E-state index >= 15 is 0 Å². The number of rotatable bonds is 4. The molecular formula is C8H16O2. The highest BCUT2D eigenvalue weighted by molar-refractivity contribution is 5.03. The molecule has 2 heteroatoms. The van der Waals surface area contributed by atoms with Crippen molar-refractivity contribution in [2.24, 2.45) is 0 Å². The zero-order valence-corrected chi connectivity index (χ0v) is 6.67. The molecule has 0 aromatic carbocycles. The summed E-state index contributed by atoms with van der Waals surface area (Å²) in [6.07, 6.45) is 3.34. The molecule has 10 heavy (non-hydrogen) atoms. The standard InChI is InChI=1S/C8H16O2/c1-3-5-6-7(4-2)8(9)10/h6,8-10H,3-5H2,1-2H3. The first kappa shape index (κ1) is 9.66. The molecule has 0 radical (unpaired) electrons. The lowest BCUT2D eigenvalue weighted by atomic mass is 10.1. The van der Waals surface area contributed by atoms with Crippen LogP contribution in [-0.4, -0.2) is 16.5 Å². The Kier molecular flexibility index (Phi) is 5.26. The van der Waals surface area contributed by atoms with Crippen molar-refractivity contribution in [2.45, 2.75) is 39.4 Å². The second kappa shape index (κ2) is 5.45. The Morgan fingerprint density at radius 3 is 2.30 bits per heavy atom. The fourth-order valence-electron chi connectivity index (χ4n) is 0.762. The Morgan fingerprint density at radius 2 is 2.00 bits per heavy atom. The Bertz CT molecular complexity index is 106. The molecule has 0 saturated heterocycles. The van der Waals surface area contributed by atoms with Crippen molar-refractivity contribution in [2.75, 3.05) is 0 Å². The van der Waals surface area contributed by atoms with Gasteiger partial charge in [0.25, 0.3) is 0 Å². The summed E-state index contributed by atoms with van der Waals surface area (Å²) in [6, 6.07) is 0. The molecule has 60 valence electrons. The molecule has 0 spiro atoms. The second-order valence-corrected chi connectivity index (χ2v) is 2.29. The average molecular weight is 144 g/mol. The second-order valence-electron chi connectivity index (χ2n) is 2.29. The molecule has 0 rings (SSSR count). The van der Waals surface area contributed by atoms with Gasteiger partial charge in [-0.05, 0) is 18.4 Å². The zero-order valence-electron chi connectivity index (χ0n) is 6.67. The van der Waals surface area contributed by atoms with Crippen LogP contribution in [0.4, 0.5) is 0 Å². The molecule has 0 heterocycles. The molecule has 0 fully saturated rings. The molecule has 0 aromatic rings. The van der Waals surface area contributed by atoms with Gasteiger partial charge in [0, 0.05) is 0 Å². The van der Waals surface area contributed by atoms with Gasteiger partial charge in [-0.2, -0.15) is 0 Å². The number of hydrogen-bond acceptors (Lipinski definition) is 2. The molecule has 0 amide bonds. The van der Waals surface area contributed by atoms with E-state index in [2.05, 4.69) is 6.92 Å². The van der Waals surface area contributed by atoms with E-state index in [0.29, 0.717) is 0 Å². The normalized spacial score (nSPS) is 12.7. The maximum Gasteiger partial charge on any atom is 0.174 e. The molecule has 0 bridgehead atoms. The molecule has 0 saturated carbocycles. The lowest BCUT2D eigenvalue weighted by Gasteiger charge is -2.05. The fourth-order valence-corrected chi connectivity index (χ4v) is 0.762. The third-order valence-electron chi connectivity index (χ3n) is 1.44. The van der Waals surface area contributed by atoms with Gasteiger partial charge in [0.2, 0.25) is 0 Å². The van der Waals surface area contributed by atoms with Crippen molar-refractivity contribution in [3.63, 3.8) is 0 Å². The van der Waals surface area contributed by atoms with E-state index in [1.807, 2.05) is 13.0 Å². The maximum atomic E-state index is 8.73. The van der Waals surface area contributed by atoms with Crippen molar-refractivity contribution in [3.8, 4) is 0 Å². The van der Waals surface area contributed by atoms with Crippen molar-refractivity contribution in [3.05, 3.63) is 11.6 Å². The number of hydrogen-bond donors (Lipinski definition) is 2. The zero-order chi connectivity index (χ0) is 7.98. The minimum atomic E-state index is -1.25. The Labute approximate surface area is 62.2 Å². The first-order valence-corrected chi connectivity index (χ1v) is 3.77. The summed E-state index contributed by atoms with van der Waals surface area (Å²) in [7, 11) is 0. The van der Waals surface area contributed by atoms with Crippen LogP contribution in [0.15, 0.2) is 11.6 Å². The van der Waals surface area contributed by atoms with Gasteiger partial charge < -0.3 is 10.2 Å². The highest BCUT2D eigenvalue weighted by Crippen LogP contribution is 2.06. The molecule has 0 unspecified atom stereocenters. The molecule has 0 aliphatic carbocycles. The first-order chi connectivity index (χ1) is 4.72. The van der Waals surface area contributed by atoms with Crippen LogP contribution in [0.25, 0.3) is 0 Å². The lowest BCUT2D eigenvalue weighted by Crippen LogP contribution is -2.07. The predicted molar refractivity (Wildman–Crippen MR) is 41.5 cm³/mol. The Balaban J connectivity index is 3.79. The number of allylic oxidation sites excluding steroid dienone is 1. The largest absolute Gasteiger partial charge is 0.365 e. The van der Waals surface area contributed by atoms with Crippen molar-refractivity contribution < 1.29 is 10.2 Å². The van der Waals surface area contributed by atoms with Crippen LogP contribution in [0.1, 0.15) is 33.1 Å². The summed E-state index contributed by atoms with van der Waals surface area (Å²) in [5.41, 5.74) is 0.724. The van der Waals surface area contributed by atoms with Gasteiger partial charge in [-0.25, -0.2) is 0 Å². The lowest BCUT2D eigenvalue weighted by molar-refractivity contribution is -0.0100. The predicted octanol–water partition coefficient (Wildman–Crippen LogP) is 1.43. The first-order valence-electron chi connectivity index (χ1n) is 3.77. The molecule has 0 atom stereocenters. The van der Waals surface area contributed by atoms with Crippen molar-refractivity contribution in [1.82, 2.24) is 0 Å². The molecule has 0 aromatic heterocycles. The SMILES string of the molecule is CCCC=C(CC)C(O)O. The monoisotopic (exact) mass is 144 g/mol. The Morgan fingerprint density at radius 1 is 1.40 bits per heavy atom. The summed E-state index contributed by atoms with van der Waals surface area (Å²) in [5.74, 6) is 0. The van der Waals surface area contributed by atoms with E-state index in [1.165, 1.54) is 0 Å². The maximum absolute atomic E-state index is 8.73. The van der Waals surface area contributed by atoms with Crippen LogP contribution in [0.5, 0.6) is 0 Å². The van der Waals surface area contributed by atoms with E-state index in [0.717, 1.165) is 24.8 Å². The fraction of sp³-hybridized carbons (Fsp3) is 0.750. The topological polar surface area (TPSA) is 40.5 Å². The summed E-state index contributed by atoms with van der Waals surface area (Å²) < 4.78 is 0. The quantitative estimate of drug-likeness (QED) is 0.463. The van der Waals surface area contributed by atoms with E-state index in [-0.39, 0.29) is 0 Å². The van der Waals surface area contributed by atoms with Gasteiger partial charge >= 0.3 is 0 Å². The highest BCUT2D eigenvalue weighted by Gasteiger charge is 2.01. The van der Waals surface area contributed by atoms with Gasteiger partial charge in [0.1, 0.15) is 0 Å². The van der Waals surface area contributed by atoms with Gasteiger partial charge in [0.05, 0.1) is 0 Å². The molecule has 2 N–H and O–H groups in total. The third-order valence-corrected chi connectivity index (χ3v) is 1.44. The van der Waals surface area contributed by atoms with Gasteiger partial charge in [-0.3, -0.25) is 0 Å². The van der Waals surface area contributed by atoms with Crippen LogP contribution >= 0.6 is 0 Å². The minimum Gasteiger partial charge on any atom is -0.365 e. The van der Waals surface area contributed by atoms with Crippen LogP contribution in [-0.2, 0) is 0 Å². The molecule has 2 nitrogen and oxygen atoms in total. The molecule has 0 aliphatic rings.